The van der Waals surface area contributed by atoms with Gasteiger partial charge in [0.1, 0.15) is 11.9 Å². The Morgan fingerprint density at radius 2 is 2.29 bits per heavy atom. The average molecular weight is 291 g/mol. The third-order valence-electron chi connectivity index (χ3n) is 3.63. The van der Waals surface area contributed by atoms with Crippen LogP contribution in [0.3, 0.4) is 0 Å². The van der Waals surface area contributed by atoms with Crippen molar-refractivity contribution < 1.29 is 14.3 Å². The molecule has 0 aliphatic heterocycles. The summed E-state index contributed by atoms with van der Waals surface area (Å²) < 4.78 is 6.90. The van der Waals surface area contributed by atoms with Crippen LogP contribution in [0.25, 0.3) is 0 Å². The van der Waals surface area contributed by atoms with Crippen molar-refractivity contribution in [3.05, 3.63) is 41.1 Å². The summed E-state index contributed by atoms with van der Waals surface area (Å²) in [6, 6.07) is 3.38. The molecule has 0 aliphatic rings. The molecule has 2 N–H and O–H groups in total. The summed E-state index contributed by atoms with van der Waals surface area (Å²) in [6.45, 7) is 4.09. The molecule has 0 bridgehead atoms. The largest absolute Gasteiger partial charge is 0.467 e. The fraction of sp³-hybridized carbons (Fsp3) is 0.467. The predicted molar refractivity (Wildman–Crippen MR) is 77.7 cm³/mol. The molecule has 2 rings (SSSR count). The Morgan fingerprint density at radius 3 is 2.86 bits per heavy atom. The maximum Gasteiger partial charge on any atom is 0.220 e. The van der Waals surface area contributed by atoms with Crippen molar-refractivity contribution in [1.82, 2.24) is 15.1 Å². The minimum Gasteiger partial charge on any atom is -0.467 e. The van der Waals surface area contributed by atoms with Crippen LogP contribution < -0.4 is 5.32 Å². The van der Waals surface area contributed by atoms with Gasteiger partial charge in [0.05, 0.1) is 18.5 Å². The number of rotatable bonds is 6. The van der Waals surface area contributed by atoms with Gasteiger partial charge in [-0.2, -0.15) is 5.10 Å². The minimum absolute atomic E-state index is 0.0942. The molecule has 0 aliphatic carbocycles. The van der Waals surface area contributed by atoms with Crippen molar-refractivity contribution in [2.24, 2.45) is 7.05 Å². The quantitative estimate of drug-likeness (QED) is 0.843. The zero-order chi connectivity index (χ0) is 15.4. The molecule has 1 amide bonds. The Balaban J connectivity index is 1.80. The van der Waals surface area contributed by atoms with E-state index in [1.165, 1.54) is 6.26 Å². The van der Waals surface area contributed by atoms with Crippen LogP contribution in [0, 0.1) is 13.8 Å². The Labute approximate surface area is 123 Å². The number of aryl methyl sites for hydroxylation is 2. The van der Waals surface area contributed by atoms with E-state index < -0.39 is 6.10 Å². The van der Waals surface area contributed by atoms with Crippen molar-refractivity contribution in [3.8, 4) is 0 Å². The SMILES string of the molecule is Cc1nn(C)c(C)c1CCC(=O)NCC(O)c1ccco1. The van der Waals surface area contributed by atoms with Gasteiger partial charge in [-0.15, -0.1) is 0 Å². The van der Waals surface area contributed by atoms with Crippen molar-refractivity contribution >= 4 is 5.91 Å². The van der Waals surface area contributed by atoms with Crippen LogP contribution in [0.1, 0.15) is 35.2 Å². The average Bonchev–Trinajstić information content (AvgIpc) is 3.05. The lowest BCUT2D eigenvalue weighted by Crippen LogP contribution is -2.28. The number of nitrogens with one attached hydrogen (secondary N) is 1. The molecule has 6 nitrogen and oxygen atoms in total. The Kier molecular flexibility index (Phi) is 4.80. The Hall–Kier alpha value is -2.08. The van der Waals surface area contributed by atoms with E-state index in [9.17, 15) is 9.90 Å². The first-order chi connectivity index (χ1) is 9.99. The third-order valence-corrected chi connectivity index (χ3v) is 3.63. The summed E-state index contributed by atoms with van der Waals surface area (Å²) in [5, 5.41) is 16.9. The molecular formula is C15H21N3O3. The number of carbonyl (C=O) groups is 1. The molecular weight excluding hydrogens is 270 g/mol. The van der Waals surface area contributed by atoms with Crippen LogP contribution in [0.5, 0.6) is 0 Å². The minimum atomic E-state index is -0.814. The molecule has 0 aromatic carbocycles. The smallest absolute Gasteiger partial charge is 0.220 e. The van der Waals surface area contributed by atoms with Crippen molar-refractivity contribution in [2.75, 3.05) is 6.54 Å². The van der Waals surface area contributed by atoms with Gasteiger partial charge in [-0.25, -0.2) is 0 Å². The van der Waals surface area contributed by atoms with Gasteiger partial charge in [0, 0.05) is 19.2 Å². The Morgan fingerprint density at radius 1 is 1.52 bits per heavy atom. The summed E-state index contributed by atoms with van der Waals surface area (Å²) >= 11 is 0. The summed E-state index contributed by atoms with van der Waals surface area (Å²) in [7, 11) is 1.89. The third kappa shape index (κ3) is 3.72. The molecule has 2 heterocycles. The van der Waals surface area contributed by atoms with E-state index in [2.05, 4.69) is 10.4 Å². The second-order valence-corrected chi connectivity index (χ2v) is 5.11. The summed E-state index contributed by atoms with van der Waals surface area (Å²) in [4.78, 5) is 11.8. The second kappa shape index (κ2) is 6.58. The van der Waals surface area contributed by atoms with Gasteiger partial charge >= 0.3 is 0 Å². The first kappa shape index (κ1) is 15.3. The summed E-state index contributed by atoms with van der Waals surface area (Å²) in [5.41, 5.74) is 3.15. The first-order valence-corrected chi connectivity index (χ1v) is 6.96. The highest BCUT2D eigenvalue weighted by Gasteiger charge is 2.14. The number of aliphatic hydroxyl groups excluding tert-OH is 1. The van der Waals surface area contributed by atoms with E-state index in [0.29, 0.717) is 18.6 Å². The molecule has 6 heteroatoms. The van der Waals surface area contributed by atoms with Gasteiger partial charge in [-0.05, 0) is 38.0 Å². The van der Waals surface area contributed by atoms with Crippen molar-refractivity contribution in [2.45, 2.75) is 32.8 Å². The lowest BCUT2D eigenvalue weighted by molar-refractivity contribution is -0.121. The maximum atomic E-state index is 11.8. The normalized spacial score (nSPS) is 12.4. The molecule has 114 valence electrons. The number of hydrogen-bond donors (Lipinski definition) is 2. The van der Waals surface area contributed by atoms with E-state index in [4.69, 9.17) is 4.42 Å². The van der Waals surface area contributed by atoms with Crippen LogP contribution in [-0.4, -0.2) is 27.3 Å². The van der Waals surface area contributed by atoms with Crippen molar-refractivity contribution in [3.63, 3.8) is 0 Å². The molecule has 0 radical (unpaired) electrons. The maximum absolute atomic E-state index is 11.8. The van der Waals surface area contributed by atoms with Gasteiger partial charge < -0.3 is 14.8 Å². The number of amides is 1. The van der Waals surface area contributed by atoms with E-state index >= 15 is 0 Å². The molecule has 0 fully saturated rings. The highest BCUT2D eigenvalue weighted by molar-refractivity contribution is 5.76. The zero-order valence-corrected chi connectivity index (χ0v) is 12.6. The predicted octanol–water partition coefficient (Wildman–Crippen LogP) is 1.41. The van der Waals surface area contributed by atoms with Gasteiger partial charge in [0.25, 0.3) is 0 Å². The lowest BCUT2D eigenvalue weighted by atomic mass is 10.1. The van der Waals surface area contributed by atoms with Crippen LogP contribution in [0.4, 0.5) is 0 Å². The van der Waals surface area contributed by atoms with Crippen LogP contribution in [0.2, 0.25) is 0 Å². The number of carbonyl (C=O) groups excluding carboxylic acids is 1. The molecule has 21 heavy (non-hydrogen) atoms. The van der Waals surface area contributed by atoms with Gasteiger partial charge in [-0.3, -0.25) is 9.48 Å². The monoisotopic (exact) mass is 291 g/mol. The Bertz CT molecular complexity index is 602. The van der Waals surface area contributed by atoms with E-state index in [1.807, 2.05) is 25.6 Å². The van der Waals surface area contributed by atoms with Gasteiger partial charge in [-0.1, -0.05) is 0 Å². The van der Waals surface area contributed by atoms with Crippen LogP contribution >= 0.6 is 0 Å². The summed E-state index contributed by atoms with van der Waals surface area (Å²) in [5.74, 6) is 0.359. The standard InChI is InChI=1S/C15H21N3O3/c1-10-12(11(2)18(3)17-10)6-7-15(20)16-9-13(19)14-5-4-8-21-14/h4-5,8,13,19H,6-7,9H2,1-3H3,(H,16,20). The molecule has 2 aromatic rings. The number of furan rings is 1. The highest BCUT2D eigenvalue weighted by atomic mass is 16.4. The number of aliphatic hydroxyl groups is 1. The van der Waals surface area contributed by atoms with E-state index in [1.54, 1.807) is 12.1 Å². The highest BCUT2D eigenvalue weighted by Crippen LogP contribution is 2.14. The molecule has 0 saturated carbocycles. The van der Waals surface area contributed by atoms with Gasteiger partial charge in [0.2, 0.25) is 5.91 Å². The second-order valence-electron chi connectivity index (χ2n) is 5.11. The zero-order valence-electron chi connectivity index (χ0n) is 12.6. The first-order valence-electron chi connectivity index (χ1n) is 6.96. The number of hydrogen-bond acceptors (Lipinski definition) is 4. The molecule has 0 saturated heterocycles. The molecule has 1 atom stereocenters. The van der Waals surface area contributed by atoms with Gasteiger partial charge in [0.15, 0.2) is 0 Å². The molecule has 1 unspecified atom stereocenters. The lowest BCUT2D eigenvalue weighted by Gasteiger charge is -2.09. The molecule has 0 spiro atoms. The van der Waals surface area contributed by atoms with Crippen molar-refractivity contribution in [1.29, 1.82) is 0 Å². The number of aromatic nitrogens is 2. The van der Waals surface area contributed by atoms with E-state index in [0.717, 1.165) is 17.0 Å². The molecule has 2 aromatic heterocycles. The fourth-order valence-electron chi connectivity index (χ4n) is 2.30. The van der Waals surface area contributed by atoms with E-state index in [-0.39, 0.29) is 12.5 Å². The van der Waals surface area contributed by atoms with Crippen LogP contribution in [-0.2, 0) is 18.3 Å². The summed E-state index contributed by atoms with van der Waals surface area (Å²) in [6.07, 6.45) is 1.70. The number of nitrogens with zero attached hydrogens (tertiary/aromatic N) is 2. The fourth-order valence-corrected chi connectivity index (χ4v) is 2.30. The topological polar surface area (TPSA) is 80.3 Å². The van der Waals surface area contributed by atoms with Crippen LogP contribution in [0.15, 0.2) is 22.8 Å².